The van der Waals surface area contributed by atoms with Crippen LogP contribution in [0.3, 0.4) is 0 Å². The molecule has 25 heavy (non-hydrogen) atoms. The van der Waals surface area contributed by atoms with Crippen molar-refractivity contribution in [3.63, 3.8) is 0 Å². The van der Waals surface area contributed by atoms with Crippen molar-refractivity contribution in [3.05, 3.63) is 41.1 Å². The zero-order chi connectivity index (χ0) is 18.9. The van der Waals surface area contributed by atoms with Crippen molar-refractivity contribution in [2.45, 2.75) is 90.8 Å². The lowest BCUT2D eigenvalue weighted by atomic mass is 9.81. The first-order valence-electron chi connectivity index (χ1n) is 10.2. The molecule has 0 radical (unpaired) electrons. The summed E-state index contributed by atoms with van der Waals surface area (Å²) < 4.78 is 5.33. The van der Waals surface area contributed by atoms with Gasteiger partial charge in [0.15, 0.2) is 0 Å². The van der Waals surface area contributed by atoms with Gasteiger partial charge < -0.3 is 4.74 Å². The van der Waals surface area contributed by atoms with Gasteiger partial charge in [0.25, 0.3) is 0 Å². The average Bonchev–Trinajstić information content (AvgIpc) is 2.60. The second-order valence-electron chi connectivity index (χ2n) is 8.13. The van der Waals surface area contributed by atoms with Gasteiger partial charge in [-0.05, 0) is 36.5 Å². The van der Waals surface area contributed by atoms with Crippen molar-refractivity contribution >= 4 is 8.07 Å². The molecule has 0 bridgehead atoms. The Morgan fingerprint density at radius 3 is 1.80 bits per heavy atom. The maximum absolute atomic E-state index is 5.33. The molecule has 0 aliphatic carbocycles. The Bertz CT molecular complexity index is 511. The Labute approximate surface area is 157 Å². The number of rotatable bonds is 11. The third-order valence-electron chi connectivity index (χ3n) is 5.72. The smallest absolute Gasteiger partial charge is 0.118 e. The Hall–Kier alpha value is -1.02. The Morgan fingerprint density at radius 2 is 1.44 bits per heavy atom. The molecule has 1 nitrogen and oxygen atoms in total. The van der Waals surface area contributed by atoms with Crippen molar-refractivity contribution in [2.75, 3.05) is 7.11 Å². The van der Waals surface area contributed by atoms with E-state index in [0.717, 1.165) is 5.75 Å². The summed E-state index contributed by atoms with van der Waals surface area (Å²) >= 11 is 0. The monoisotopic (exact) mass is 360 g/mol. The minimum absolute atomic E-state index is 0.168. The molecule has 0 aliphatic heterocycles. The van der Waals surface area contributed by atoms with E-state index in [2.05, 4.69) is 71.9 Å². The van der Waals surface area contributed by atoms with Crippen LogP contribution < -0.4 is 4.74 Å². The summed E-state index contributed by atoms with van der Waals surface area (Å²) in [5.74, 6) is 0.942. The molecule has 1 aromatic rings. The van der Waals surface area contributed by atoms with Crippen LogP contribution in [0.15, 0.2) is 35.5 Å². The molecule has 0 aromatic heterocycles. The van der Waals surface area contributed by atoms with Gasteiger partial charge in [-0.25, -0.2) is 0 Å². The van der Waals surface area contributed by atoms with Crippen LogP contribution in [0.2, 0.25) is 18.1 Å². The topological polar surface area (TPSA) is 9.23 Å². The van der Waals surface area contributed by atoms with E-state index in [9.17, 15) is 0 Å². The summed E-state index contributed by atoms with van der Waals surface area (Å²) in [4.78, 5) is 0. The molecular formula is C23H40OSi. The third kappa shape index (κ3) is 5.74. The van der Waals surface area contributed by atoms with Gasteiger partial charge in [0.05, 0.1) is 15.2 Å². The molecule has 0 aliphatic rings. The molecule has 142 valence electrons. The van der Waals surface area contributed by atoms with Crippen LogP contribution in [0, 0.1) is 0 Å². The highest BCUT2D eigenvalue weighted by Crippen LogP contribution is 2.40. The van der Waals surface area contributed by atoms with Crippen molar-refractivity contribution in [1.82, 2.24) is 0 Å². The predicted octanol–water partition coefficient (Wildman–Crippen LogP) is 7.53. The van der Waals surface area contributed by atoms with Gasteiger partial charge in [0.2, 0.25) is 0 Å². The van der Waals surface area contributed by atoms with Gasteiger partial charge in [0.1, 0.15) is 5.75 Å². The van der Waals surface area contributed by atoms with E-state index in [1.165, 1.54) is 49.4 Å². The summed E-state index contributed by atoms with van der Waals surface area (Å²) in [5.41, 5.74) is 1.58. The molecule has 0 saturated carbocycles. The lowest BCUT2D eigenvalue weighted by Crippen LogP contribution is -2.39. The molecule has 0 heterocycles. The first-order valence-corrected chi connectivity index (χ1v) is 12.8. The Morgan fingerprint density at radius 1 is 0.960 bits per heavy atom. The van der Waals surface area contributed by atoms with Crippen LogP contribution in [0.4, 0.5) is 0 Å². The molecule has 1 aromatic carbocycles. The van der Waals surface area contributed by atoms with Crippen molar-refractivity contribution in [2.24, 2.45) is 0 Å². The van der Waals surface area contributed by atoms with Crippen LogP contribution >= 0.6 is 0 Å². The molecule has 1 rings (SSSR count). The largest absolute Gasteiger partial charge is 0.497 e. The quantitative estimate of drug-likeness (QED) is 0.371. The lowest BCUT2D eigenvalue weighted by Gasteiger charge is -2.38. The van der Waals surface area contributed by atoms with Crippen molar-refractivity contribution in [1.29, 1.82) is 0 Å². The van der Waals surface area contributed by atoms with Gasteiger partial charge in [0, 0.05) is 0 Å². The molecule has 0 spiro atoms. The highest BCUT2D eigenvalue weighted by molar-refractivity contribution is 6.86. The van der Waals surface area contributed by atoms with Crippen molar-refractivity contribution in [3.8, 4) is 5.75 Å². The van der Waals surface area contributed by atoms with Crippen LogP contribution in [-0.2, 0) is 5.41 Å². The minimum Gasteiger partial charge on any atom is -0.497 e. The second-order valence-corrected chi connectivity index (χ2v) is 12.8. The van der Waals surface area contributed by atoms with E-state index < -0.39 is 8.07 Å². The molecular weight excluding hydrogens is 320 g/mol. The average molecular weight is 361 g/mol. The summed E-state index contributed by atoms with van der Waals surface area (Å²) in [7, 11) is 0.385. The second kappa shape index (κ2) is 10.2. The van der Waals surface area contributed by atoms with E-state index in [-0.39, 0.29) is 5.41 Å². The number of methoxy groups -OCH3 is 1. The zero-order valence-electron chi connectivity index (χ0n) is 17.7. The van der Waals surface area contributed by atoms with Crippen LogP contribution in [0.1, 0.15) is 72.8 Å². The van der Waals surface area contributed by atoms with Gasteiger partial charge in [-0.1, -0.05) is 95.4 Å². The highest BCUT2D eigenvalue weighted by atomic mass is 28.3. The summed E-state index contributed by atoms with van der Waals surface area (Å²) in [6, 6.07) is 13.0. The van der Waals surface area contributed by atoms with E-state index in [4.69, 9.17) is 4.74 Å². The Kier molecular flexibility index (Phi) is 8.99. The molecule has 0 fully saturated rings. The van der Waals surface area contributed by atoms with Crippen LogP contribution in [-0.4, -0.2) is 15.2 Å². The number of allylic oxidation sites excluding steroid dienone is 2. The fourth-order valence-corrected chi connectivity index (χ4v) is 10.5. The number of hydrogen-bond donors (Lipinski definition) is 0. The number of hydrogen-bond acceptors (Lipinski definition) is 1. The maximum atomic E-state index is 5.33. The zero-order valence-corrected chi connectivity index (χ0v) is 18.7. The molecule has 2 heteroatoms. The summed E-state index contributed by atoms with van der Waals surface area (Å²) in [6.07, 6.45) is 7.66. The lowest BCUT2D eigenvalue weighted by molar-refractivity contribution is 0.414. The first-order chi connectivity index (χ1) is 11.9. The van der Waals surface area contributed by atoms with E-state index in [1.807, 2.05) is 0 Å². The van der Waals surface area contributed by atoms with Gasteiger partial charge in [-0.3, -0.25) is 0 Å². The van der Waals surface area contributed by atoms with Gasteiger partial charge >= 0.3 is 0 Å². The normalized spacial score (nSPS) is 13.2. The number of benzene rings is 1. The maximum Gasteiger partial charge on any atom is 0.118 e. The summed E-state index contributed by atoms with van der Waals surface area (Å²) in [6.45, 7) is 14.2. The van der Waals surface area contributed by atoms with E-state index in [0.29, 0.717) is 0 Å². The van der Waals surface area contributed by atoms with Crippen molar-refractivity contribution < 1.29 is 4.74 Å². The van der Waals surface area contributed by atoms with E-state index in [1.54, 1.807) is 12.3 Å². The fourth-order valence-electron chi connectivity index (χ4n) is 4.51. The SMILES string of the molecule is CC=C(CC(C)(C)c1ccc(OC)cc1)[Si](CCC)(CCC)CCC. The van der Waals surface area contributed by atoms with E-state index >= 15 is 0 Å². The molecule has 0 saturated heterocycles. The fraction of sp³-hybridized carbons (Fsp3) is 0.652. The first kappa shape index (κ1) is 22.0. The highest BCUT2D eigenvalue weighted by Gasteiger charge is 2.36. The molecule has 0 N–H and O–H groups in total. The molecule has 0 atom stereocenters. The minimum atomic E-state index is -1.35. The van der Waals surface area contributed by atoms with Crippen LogP contribution in [0.25, 0.3) is 0 Å². The van der Waals surface area contributed by atoms with Gasteiger partial charge in [-0.15, -0.1) is 0 Å². The van der Waals surface area contributed by atoms with Gasteiger partial charge in [-0.2, -0.15) is 0 Å². The summed E-state index contributed by atoms with van der Waals surface area (Å²) in [5, 5.41) is 1.80. The molecule has 0 unspecified atom stereocenters. The number of ether oxygens (including phenoxy) is 1. The van der Waals surface area contributed by atoms with Crippen LogP contribution in [0.5, 0.6) is 5.75 Å². The molecule has 0 amide bonds. The predicted molar refractivity (Wildman–Crippen MR) is 115 cm³/mol. The Balaban J connectivity index is 3.14. The third-order valence-corrected chi connectivity index (χ3v) is 11.9. The standard InChI is InChI=1S/C23H40OSi/c1-8-16-25(17-9-2,18-10-3)22(11-4)19-23(5,6)20-12-14-21(24-7)15-13-20/h11-15H,8-10,16-19H2,1-7H3.